The summed E-state index contributed by atoms with van der Waals surface area (Å²) in [5.41, 5.74) is 0.279. The van der Waals surface area contributed by atoms with Gasteiger partial charge >= 0.3 is 11.9 Å². The normalized spacial score (nSPS) is 11.6. The maximum Gasteiger partial charge on any atom is 0.346 e. The third kappa shape index (κ3) is 4.60. The second kappa shape index (κ2) is 9.13. The van der Waals surface area contributed by atoms with E-state index < -0.39 is 18.0 Å². The van der Waals surface area contributed by atoms with E-state index in [1.807, 2.05) is 0 Å². The average Bonchev–Trinajstić information content (AvgIpc) is 2.75. The molecule has 0 spiro atoms. The van der Waals surface area contributed by atoms with Crippen molar-refractivity contribution in [3.8, 4) is 17.2 Å². The number of methoxy groups -OCH3 is 1. The van der Waals surface area contributed by atoms with E-state index in [2.05, 4.69) is 4.74 Å². The molecule has 0 aliphatic rings. The van der Waals surface area contributed by atoms with E-state index in [4.69, 9.17) is 18.6 Å². The van der Waals surface area contributed by atoms with Crippen LogP contribution in [0.15, 0.2) is 57.9 Å². The first-order valence-electron chi connectivity index (χ1n) is 9.18. The van der Waals surface area contributed by atoms with E-state index >= 15 is 0 Å². The highest BCUT2D eigenvalue weighted by molar-refractivity contribution is 5.89. The molecule has 30 heavy (non-hydrogen) atoms. The highest BCUT2D eigenvalue weighted by Gasteiger charge is 2.16. The summed E-state index contributed by atoms with van der Waals surface area (Å²) in [6.45, 7) is 3.56. The maximum absolute atomic E-state index is 12.7. The van der Waals surface area contributed by atoms with Crippen molar-refractivity contribution in [1.82, 2.24) is 0 Å². The summed E-state index contributed by atoms with van der Waals surface area (Å²) in [7, 11) is 1.27. The Kier molecular flexibility index (Phi) is 6.36. The SMILES string of the molecule is CCOC(=O)c1ccc(Oc2coc3cc(OC(C)C(=O)OC)ccc3c2=O)cc1. The van der Waals surface area contributed by atoms with Crippen molar-refractivity contribution >= 4 is 22.9 Å². The molecule has 8 nitrogen and oxygen atoms in total. The van der Waals surface area contributed by atoms with Crippen molar-refractivity contribution in [2.75, 3.05) is 13.7 Å². The van der Waals surface area contributed by atoms with Gasteiger partial charge in [0.2, 0.25) is 11.2 Å². The zero-order valence-electron chi connectivity index (χ0n) is 16.7. The highest BCUT2D eigenvalue weighted by Crippen LogP contribution is 2.25. The number of esters is 2. The lowest BCUT2D eigenvalue weighted by atomic mass is 10.2. The van der Waals surface area contributed by atoms with E-state index in [0.29, 0.717) is 17.1 Å². The Morgan fingerprint density at radius 3 is 2.43 bits per heavy atom. The van der Waals surface area contributed by atoms with Gasteiger partial charge in [0.1, 0.15) is 23.3 Å². The van der Waals surface area contributed by atoms with Crippen LogP contribution in [0.5, 0.6) is 17.2 Å². The topological polar surface area (TPSA) is 101 Å². The second-order valence-corrected chi connectivity index (χ2v) is 6.22. The predicted molar refractivity (Wildman–Crippen MR) is 107 cm³/mol. The van der Waals surface area contributed by atoms with Crippen LogP contribution in [0.3, 0.4) is 0 Å². The molecule has 0 N–H and O–H groups in total. The Balaban J connectivity index is 1.80. The van der Waals surface area contributed by atoms with Crippen LogP contribution < -0.4 is 14.9 Å². The van der Waals surface area contributed by atoms with Crippen LogP contribution in [0.2, 0.25) is 0 Å². The standard InChI is InChI=1S/C22H20O8/c1-4-27-22(25)14-5-7-15(8-6-14)30-19-12-28-18-11-16(9-10-17(18)20(19)23)29-13(2)21(24)26-3/h5-13H,4H2,1-3H3. The number of benzene rings is 2. The molecule has 0 bridgehead atoms. The molecular weight excluding hydrogens is 392 g/mol. The zero-order chi connectivity index (χ0) is 21.7. The van der Waals surface area contributed by atoms with Gasteiger partial charge in [-0.1, -0.05) is 0 Å². The largest absolute Gasteiger partial charge is 0.479 e. The Bertz CT molecular complexity index is 1110. The quantitative estimate of drug-likeness (QED) is 0.542. The van der Waals surface area contributed by atoms with Gasteiger partial charge in [-0.2, -0.15) is 0 Å². The van der Waals surface area contributed by atoms with E-state index in [0.717, 1.165) is 0 Å². The van der Waals surface area contributed by atoms with Crippen molar-refractivity contribution < 1.29 is 33.0 Å². The van der Waals surface area contributed by atoms with E-state index in [-0.39, 0.29) is 28.8 Å². The first kappa shape index (κ1) is 20.9. The molecule has 1 unspecified atom stereocenters. The van der Waals surface area contributed by atoms with Crippen molar-refractivity contribution in [2.24, 2.45) is 0 Å². The summed E-state index contributed by atoms with van der Waals surface area (Å²) in [6, 6.07) is 10.8. The molecule has 0 radical (unpaired) electrons. The van der Waals surface area contributed by atoms with Crippen LogP contribution in [-0.2, 0) is 14.3 Å². The van der Waals surface area contributed by atoms with Gasteiger partial charge in [0.05, 0.1) is 24.7 Å². The Labute approximate surface area is 171 Å². The summed E-state index contributed by atoms with van der Waals surface area (Å²) in [5.74, 6) is -0.251. The first-order valence-corrected chi connectivity index (χ1v) is 9.18. The lowest BCUT2D eigenvalue weighted by Gasteiger charge is -2.12. The number of hydrogen-bond donors (Lipinski definition) is 0. The fourth-order valence-electron chi connectivity index (χ4n) is 2.65. The van der Waals surface area contributed by atoms with Crippen molar-refractivity contribution in [2.45, 2.75) is 20.0 Å². The van der Waals surface area contributed by atoms with Crippen LogP contribution in [0.4, 0.5) is 0 Å². The molecular formula is C22H20O8. The second-order valence-electron chi connectivity index (χ2n) is 6.22. The molecule has 1 aromatic heterocycles. The molecule has 0 fully saturated rings. The molecule has 0 aliphatic heterocycles. The smallest absolute Gasteiger partial charge is 0.346 e. The van der Waals surface area contributed by atoms with Gasteiger partial charge in [0.15, 0.2) is 6.10 Å². The van der Waals surface area contributed by atoms with Gasteiger partial charge in [0.25, 0.3) is 0 Å². The number of carbonyl (C=O) groups excluding carboxylic acids is 2. The molecule has 1 atom stereocenters. The Morgan fingerprint density at radius 2 is 1.77 bits per heavy atom. The summed E-state index contributed by atoms with van der Waals surface area (Å²) in [4.78, 5) is 35.9. The fraction of sp³-hybridized carbons (Fsp3) is 0.227. The molecule has 1 heterocycles. The number of hydrogen-bond acceptors (Lipinski definition) is 8. The molecule has 156 valence electrons. The van der Waals surface area contributed by atoms with Gasteiger partial charge in [-0.25, -0.2) is 9.59 Å². The summed E-state index contributed by atoms with van der Waals surface area (Å²) >= 11 is 0. The summed E-state index contributed by atoms with van der Waals surface area (Å²) in [5, 5.41) is 0.286. The minimum Gasteiger partial charge on any atom is -0.479 e. The highest BCUT2D eigenvalue weighted by atomic mass is 16.6. The van der Waals surface area contributed by atoms with Gasteiger partial charge in [-0.15, -0.1) is 0 Å². The van der Waals surface area contributed by atoms with Crippen LogP contribution >= 0.6 is 0 Å². The maximum atomic E-state index is 12.7. The minimum absolute atomic E-state index is 0.0111. The van der Waals surface area contributed by atoms with Crippen LogP contribution in [-0.4, -0.2) is 31.8 Å². The van der Waals surface area contributed by atoms with Gasteiger partial charge in [0, 0.05) is 6.07 Å². The molecule has 0 saturated heterocycles. The molecule has 0 saturated carbocycles. The molecule has 3 aromatic rings. The van der Waals surface area contributed by atoms with Crippen molar-refractivity contribution in [3.63, 3.8) is 0 Å². The predicted octanol–water partition coefficient (Wildman–Crippen LogP) is 3.70. The summed E-state index contributed by atoms with van der Waals surface area (Å²) < 4.78 is 26.1. The van der Waals surface area contributed by atoms with Gasteiger partial charge in [-0.05, 0) is 50.2 Å². The van der Waals surface area contributed by atoms with Crippen molar-refractivity contribution in [1.29, 1.82) is 0 Å². The average molecular weight is 412 g/mol. The molecule has 0 amide bonds. The van der Waals surface area contributed by atoms with E-state index in [1.165, 1.54) is 25.5 Å². The van der Waals surface area contributed by atoms with Gasteiger partial charge < -0.3 is 23.4 Å². The number of fused-ring (bicyclic) bond motifs is 1. The lowest BCUT2D eigenvalue weighted by molar-refractivity contribution is -0.147. The number of carbonyl (C=O) groups is 2. The zero-order valence-corrected chi connectivity index (χ0v) is 16.7. The molecule has 3 rings (SSSR count). The summed E-state index contributed by atoms with van der Waals surface area (Å²) in [6.07, 6.45) is 0.386. The third-order valence-electron chi connectivity index (χ3n) is 4.15. The van der Waals surface area contributed by atoms with E-state index in [9.17, 15) is 14.4 Å². The molecule has 8 heteroatoms. The third-order valence-corrected chi connectivity index (χ3v) is 4.15. The van der Waals surface area contributed by atoms with Crippen LogP contribution in [0, 0.1) is 0 Å². The first-order chi connectivity index (χ1) is 14.4. The Hall–Kier alpha value is -3.81. The number of rotatable bonds is 7. The van der Waals surface area contributed by atoms with Crippen molar-refractivity contribution in [3.05, 3.63) is 64.5 Å². The lowest BCUT2D eigenvalue weighted by Crippen LogP contribution is -2.24. The van der Waals surface area contributed by atoms with Gasteiger partial charge in [-0.3, -0.25) is 4.79 Å². The monoisotopic (exact) mass is 412 g/mol. The molecule has 2 aromatic carbocycles. The van der Waals surface area contributed by atoms with E-state index in [1.54, 1.807) is 44.2 Å². The molecule has 0 aliphatic carbocycles. The Morgan fingerprint density at radius 1 is 1.07 bits per heavy atom. The van der Waals surface area contributed by atoms with Crippen LogP contribution in [0.1, 0.15) is 24.2 Å². The number of ether oxygens (including phenoxy) is 4. The minimum atomic E-state index is -0.806. The van der Waals surface area contributed by atoms with Crippen LogP contribution in [0.25, 0.3) is 11.0 Å². The fourth-order valence-corrected chi connectivity index (χ4v) is 2.65.